The third-order valence-electron chi connectivity index (χ3n) is 4.90. The molecule has 2 aliphatic heterocycles. The second-order valence-electron chi connectivity index (χ2n) is 6.88. The van der Waals surface area contributed by atoms with Gasteiger partial charge in [0.1, 0.15) is 11.4 Å². The summed E-state index contributed by atoms with van der Waals surface area (Å²) in [6, 6.07) is 14.5. The average Bonchev–Trinajstić information content (AvgIpc) is 2.61. The van der Waals surface area contributed by atoms with Crippen molar-refractivity contribution in [3.8, 4) is 5.75 Å². The van der Waals surface area contributed by atoms with Gasteiger partial charge in [-0.15, -0.1) is 0 Å². The lowest BCUT2D eigenvalue weighted by Gasteiger charge is -2.42. The Labute approximate surface area is 147 Å². The number of nitrogens with zero attached hydrogens (tertiary/aromatic N) is 1. The third-order valence-corrected chi connectivity index (χ3v) is 4.90. The highest BCUT2D eigenvalue weighted by atomic mass is 16.5. The van der Waals surface area contributed by atoms with Crippen LogP contribution < -0.4 is 15.0 Å². The standard InChI is InChI=1S/C20H22N2O3/c1-14-3-5-15(6-4-14)20(2)13-22(9-10-25-20)16-7-8-18-17(11-16)21-19(23)12-24-18/h3-8,11H,9-10,12-13H2,1-2H3,(H,21,23). The largest absolute Gasteiger partial charge is 0.482 e. The fourth-order valence-electron chi connectivity index (χ4n) is 3.44. The minimum Gasteiger partial charge on any atom is -0.482 e. The van der Waals surface area contributed by atoms with Gasteiger partial charge in [-0.1, -0.05) is 29.8 Å². The molecule has 1 atom stereocenters. The van der Waals surface area contributed by atoms with Crippen LogP contribution in [0.1, 0.15) is 18.1 Å². The van der Waals surface area contributed by atoms with Gasteiger partial charge in [-0.25, -0.2) is 0 Å². The molecule has 2 heterocycles. The van der Waals surface area contributed by atoms with E-state index >= 15 is 0 Å². The Bertz CT molecular complexity index is 803. The average molecular weight is 338 g/mol. The Hall–Kier alpha value is -2.53. The highest BCUT2D eigenvalue weighted by Crippen LogP contribution is 2.36. The van der Waals surface area contributed by atoms with Crippen molar-refractivity contribution in [2.75, 3.05) is 36.5 Å². The van der Waals surface area contributed by atoms with Crippen molar-refractivity contribution in [1.29, 1.82) is 0 Å². The number of hydrogen-bond donors (Lipinski definition) is 1. The van der Waals surface area contributed by atoms with Crippen LogP contribution >= 0.6 is 0 Å². The van der Waals surface area contributed by atoms with Crippen molar-refractivity contribution >= 4 is 17.3 Å². The van der Waals surface area contributed by atoms with Crippen molar-refractivity contribution in [1.82, 2.24) is 0 Å². The summed E-state index contributed by atoms with van der Waals surface area (Å²) in [5, 5.41) is 2.88. The molecule has 0 aliphatic carbocycles. The molecule has 2 aromatic carbocycles. The molecule has 0 spiro atoms. The van der Waals surface area contributed by atoms with E-state index in [0.717, 1.165) is 30.2 Å². The predicted octanol–water partition coefficient (Wildman–Crippen LogP) is 3.08. The summed E-state index contributed by atoms with van der Waals surface area (Å²) in [6.45, 7) is 6.52. The predicted molar refractivity (Wildman–Crippen MR) is 97.3 cm³/mol. The number of hydrogen-bond acceptors (Lipinski definition) is 4. The Morgan fingerprint density at radius 3 is 2.76 bits per heavy atom. The molecule has 5 nitrogen and oxygen atoms in total. The molecule has 1 N–H and O–H groups in total. The van der Waals surface area contributed by atoms with Gasteiger partial charge in [0.25, 0.3) is 5.91 Å². The Morgan fingerprint density at radius 2 is 1.96 bits per heavy atom. The van der Waals surface area contributed by atoms with Gasteiger partial charge >= 0.3 is 0 Å². The molecule has 5 heteroatoms. The minimum atomic E-state index is -0.360. The number of morpholine rings is 1. The third kappa shape index (κ3) is 3.07. The summed E-state index contributed by atoms with van der Waals surface area (Å²) in [5.41, 5.74) is 3.85. The number of anilines is 2. The van der Waals surface area contributed by atoms with E-state index in [1.54, 1.807) is 0 Å². The number of fused-ring (bicyclic) bond motifs is 1. The van der Waals surface area contributed by atoms with Crippen LogP contribution in [0.4, 0.5) is 11.4 Å². The maximum atomic E-state index is 11.6. The van der Waals surface area contributed by atoms with Crippen LogP contribution in [0, 0.1) is 6.92 Å². The zero-order valence-electron chi connectivity index (χ0n) is 14.5. The highest BCUT2D eigenvalue weighted by molar-refractivity contribution is 5.96. The van der Waals surface area contributed by atoms with E-state index in [-0.39, 0.29) is 18.1 Å². The second-order valence-corrected chi connectivity index (χ2v) is 6.88. The van der Waals surface area contributed by atoms with E-state index in [1.807, 2.05) is 18.2 Å². The van der Waals surface area contributed by atoms with Gasteiger partial charge in [0.15, 0.2) is 6.61 Å². The Morgan fingerprint density at radius 1 is 1.16 bits per heavy atom. The number of aryl methyl sites for hydroxylation is 1. The van der Waals surface area contributed by atoms with E-state index in [9.17, 15) is 4.79 Å². The normalized spacial score (nSPS) is 22.8. The molecule has 0 aromatic heterocycles. The molecular formula is C20H22N2O3. The zero-order valence-corrected chi connectivity index (χ0v) is 14.5. The molecule has 2 aliphatic rings. The van der Waals surface area contributed by atoms with Crippen molar-refractivity contribution in [2.45, 2.75) is 19.4 Å². The van der Waals surface area contributed by atoms with Gasteiger partial charge in [0, 0.05) is 12.2 Å². The summed E-state index contributed by atoms with van der Waals surface area (Å²) in [6.07, 6.45) is 0. The maximum absolute atomic E-state index is 11.6. The monoisotopic (exact) mass is 338 g/mol. The van der Waals surface area contributed by atoms with Crippen molar-refractivity contribution in [2.24, 2.45) is 0 Å². The lowest BCUT2D eigenvalue weighted by Crippen LogP contribution is -2.48. The van der Waals surface area contributed by atoms with Gasteiger partial charge in [-0.3, -0.25) is 4.79 Å². The van der Waals surface area contributed by atoms with Gasteiger partial charge < -0.3 is 19.7 Å². The molecule has 0 radical (unpaired) electrons. The summed E-state index contributed by atoms with van der Waals surface area (Å²) in [5.74, 6) is 0.606. The highest BCUT2D eigenvalue weighted by Gasteiger charge is 2.34. The lowest BCUT2D eigenvalue weighted by atomic mass is 9.93. The SMILES string of the molecule is Cc1ccc(C2(C)CN(c3ccc4c(c3)NC(=O)CO4)CCO2)cc1. The lowest BCUT2D eigenvalue weighted by molar-refractivity contribution is -0.118. The maximum Gasteiger partial charge on any atom is 0.262 e. The zero-order chi connectivity index (χ0) is 17.4. The summed E-state index contributed by atoms with van der Waals surface area (Å²) in [7, 11) is 0. The van der Waals surface area contributed by atoms with Crippen molar-refractivity contribution in [3.63, 3.8) is 0 Å². The topological polar surface area (TPSA) is 50.8 Å². The van der Waals surface area contributed by atoms with Crippen LogP contribution in [0.3, 0.4) is 0 Å². The molecule has 0 bridgehead atoms. The van der Waals surface area contributed by atoms with Gasteiger partial charge in [0.05, 0.1) is 18.8 Å². The van der Waals surface area contributed by atoms with Crippen LogP contribution in [0.5, 0.6) is 5.75 Å². The first-order chi connectivity index (χ1) is 12.0. The quantitative estimate of drug-likeness (QED) is 0.914. The Balaban J connectivity index is 1.60. The van der Waals surface area contributed by atoms with E-state index in [0.29, 0.717) is 6.61 Å². The van der Waals surface area contributed by atoms with E-state index in [4.69, 9.17) is 9.47 Å². The fraction of sp³-hybridized carbons (Fsp3) is 0.350. The van der Waals surface area contributed by atoms with E-state index in [1.165, 1.54) is 11.1 Å². The van der Waals surface area contributed by atoms with E-state index < -0.39 is 0 Å². The molecule has 130 valence electrons. The number of carbonyl (C=O) groups is 1. The first kappa shape index (κ1) is 16.0. The molecule has 0 saturated carbocycles. The van der Waals surface area contributed by atoms with Gasteiger partial charge in [-0.05, 0) is 37.6 Å². The molecule has 4 rings (SSSR count). The summed E-state index contributed by atoms with van der Waals surface area (Å²) < 4.78 is 11.6. The van der Waals surface area contributed by atoms with Gasteiger partial charge in [-0.2, -0.15) is 0 Å². The first-order valence-corrected chi connectivity index (χ1v) is 8.56. The number of benzene rings is 2. The molecule has 1 fully saturated rings. The molecule has 1 saturated heterocycles. The van der Waals surface area contributed by atoms with Crippen molar-refractivity contribution in [3.05, 3.63) is 53.6 Å². The number of ether oxygens (including phenoxy) is 2. The Kier molecular flexibility index (Phi) is 3.88. The van der Waals surface area contributed by atoms with Crippen LogP contribution in [0.25, 0.3) is 0 Å². The molecule has 2 aromatic rings. The smallest absolute Gasteiger partial charge is 0.262 e. The molecule has 1 amide bonds. The van der Waals surface area contributed by atoms with Crippen molar-refractivity contribution < 1.29 is 14.3 Å². The second kappa shape index (κ2) is 6.08. The van der Waals surface area contributed by atoms with Crippen LogP contribution in [0.15, 0.2) is 42.5 Å². The number of amides is 1. The molecular weight excluding hydrogens is 316 g/mol. The number of carbonyl (C=O) groups excluding carboxylic acids is 1. The van der Waals surface area contributed by atoms with E-state index in [2.05, 4.69) is 48.3 Å². The van der Waals surface area contributed by atoms with Crippen LogP contribution in [-0.2, 0) is 15.1 Å². The fourth-order valence-corrected chi connectivity index (χ4v) is 3.44. The van der Waals surface area contributed by atoms with Gasteiger partial charge in [0.2, 0.25) is 0 Å². The van der Waals surface area contributed by atoms with Crippen LogP contribution in [-0.4, -0.2) is 32.2 Å². The minimum absolute atomic E-state index is 0.0788. The first-order valence-electron chi connectivity index (χ1n) is 8.56. The van der Waals surface area contributed by atoms with Crippen LogP contribution in [0.2, 0.25) is 0 Å². The summed E-state index contributed by atoms with van der Waals surface area (Å²) in [4.78, 5) is 13.9. The number of nitrogens with one attached hydrogen (secondary N) is 1. The molecule has 25 heavy (non-hydrogen) atoms. The molecule has 1 unspecified atom stereocenters. The number of rotatable bonds is 2. The summed E-state index contributed by atoms with van der Waals surface area (Å²) >= 11 is 0.